The number of hydrogen-bond donors (Lipinski definition) is 0. The number of furan rings is 1. The Morgan fingerprint density at radius 2 is 2.07 bits per heavy atom. The molecule has 0 bridgehead atoms. The molecule has 0 aliphatic rings. The van der Waals surface area contributed by atoms with Gasteiger partial charge in [-0.1, -0.05) is 23.2 Å². The van der Waals surface area contributed by atoms with Gasteiger partial charge >= 0.3 is 0 Å². The second-order valence-corrected chi connectivity index (χ2v) is 3.45. The van der Waals surface area contributed by atoms with Gasteiger partial charge in [0.25, 0.3) is 0 Å². The molecule has 72 valence electrons. The van der Waals surface area contributed by atoms with Gasteiger partial charge in [0.15, 0.2) is 17.6 Å². The van der Waals surface area contributed by atoms with Crippen molar-refractivity contribution in [3.05, 3.63) is 33.8 Å². The predicted octanol–water partition coefficient (Wildman–Crippen LogP) is 3.69. The van der Waals surface area contributed by atoms with Crippen LogP contribution in [0, 0.1) is 5.82 Å². The monoisotopic (exact) mass is 232 g/mol. The highest BCUT2D eigenvalue weighted by atomic mass is 35.5. The van der Waals surface area contributed by atoms with Crippen molar-refractivity contribution in [2.24, 2.45) is 0 Å². The molecule has 0 radical (unpaired) electrons. The van der Waals surface area contributed by atoms with Gasteiger partial charge in [-0.05, 0) is 12.1 Å². The Bertz CT molecular complexity index is 519. The fourth-order valence-corrected chi connectivity index (χ4v) is 1.66. The third kappa shape index (κ3) is 1.29. The minimum absolute atomic E-state index is 0.0471. The van der Waals surface area contributed by atoms with Crippen LogP contribution in [0.5, 0.6) is 0 Å². The lowest BCUT2D eigenvalue weighted by Crippen LogP contribution is -1.74. The van der Waals surface area contributed by atoms with Crippen molar-refractivity contribution in [2.45, 2.75) is 0 Å². The maximum Gasteiger partial charge on any atom is 0.186 e. The Hall–Kier alpha value is -1.06. The molecule has 14 heavy (non-hydrogen) atoms. The Morgan fingerprint density at radius 3 is 2.71 bits per heavy atom. The number of fused-ring (bicyclic) bond motifs is 1. The summed E-state index contributed by atoms with van der Waals surface area (Å²) in [7, 11) is 0. The minimum atomic E-state index is -0.525. The van der Waals surface area contributed by atoms with Gasteiger partial charge in [-0.3, -0.25) is 4.79 Å². The third-order valence-electron chi connectivity index (χ3n) is 1.78. The molecule has 0 aliphatic carbocycles. The van der Waals surface area contributed by atoms with Crippen LogP contribution >= 0.6 is 23.2 Å². The van der Waals surface area contributed by atoms with Gasteiger partial charge in [0.2, 0.25) is 0 Å². The number of carbonyl (C=O) groups excluding carboxylic acids is 1. The number of carbonyl (C=O) groups is 1. The van der Waals surface area contributed by atoms with Crippen LogP contribution in [-0.4, -0.2) is 6.29 Å². The topological polar surface area (TPSA) is 30.2 Å². The van der Waals surface area contributed by atoms with E-state index >= 15 is 0 Å². The lowest BCUT2D eigenvalue weighted by atomic mass is 10.2. The van der Waals surface area contributed by atoms with E-state index in [0.717, 1.165) is 6.07 Å². The number of hydrogen-bond acceptors (Lipinski definition) is 2. The molecular weight excluding hydrogens is 230 g/mol. The van der Waals surface area contributed by atoms with Crippen molar-refractivity contribution in [1.29, 1.82) is 0 Å². The molecule has 0 spiro atoms. The molecule has 1 heterocycles. The van der Waals surface area contributed by atoms with Crippen LogP contribution < -0.4 is 0 Å². The molecule has 0 saturated heterocycles. The number of benzene rings is 1. The smallest absolute Gasteiger partial charge is 0.186 e. The highest BCUT2D eigenvalue weighted by Gasteiger charge is 2.15. The second kappa shape index (κ2) is 3.26. The molecule has 1 aromatic heterocycles. The van der Waals surface area contributed by atoms with Gasteiger partial charge < -0.3 is 4.42 Å². The highest BCUT2D eigenvalue weighted by Crippen LogP contribution is 2.34. The molecule has 0 unspecified atom stereocenters. The van der Waals surface area contributed by atoms with E-state index < -0.39 is 5.82 Å². The van der Waals surface area contributed by atoms with Crippen molar-refractivity contribution in [3.8, 4) is 0 Å². The van der Waals surface area contributed by atoms with Crippen LogP contribution in [0.1, 0.15) is 10.6 Å². The summed E-state index contributed by atoms with van der Waals surface area (Å²) in [6.07, 6.45) is 0.455. The summed E-state index contributed by atoms with van der Waals surface area (Å²) in [6, 6.07) is 2.26. The molecule has 0 amide bonds. The van der Waals surface area contributed by atoms with Crippen molar-refractivity contribution < 1.29 is 13.6 Å². The molecule has 0 atom stereocenters. The van der Waals surface area contributed by atoms with Crippen molar-refractivity contribution in [1.82, 2.24) is 0 Å². The van der Waals surface area contributed by atoms with Crippen molar-refractivity contribution >= 4 is 40.5 Å². The summed E-state index contributed by atoms with van der Waals surface area (Å²) in [5.41, 5.74) is 0.222. The first-order chi connectivity index (χ1) is 6.63. The van der Waals surface area contributed by atoms with Crippen LogP contribution in [0.25, 0.3) is 11.0 Å². The molecule has 1 aromatic carbocycles. The van der Waals surface area contributed by atoms with Gasteiger partial charge in [-0.25, -0.2) is 4.39 Å². The summed E-state index contributed by atoms with van der Waals surface area (Å²) in [5, 5.41) is 0.477. The van der Waals surface area contributed by atoms with E-state index in [4.69, 9.17) is 27.6 Å². The quantitative estimate of drug-likeness (QED) is 0.703. The minimum Gasteiger partial charge on any atom is -0.450 e. The molecule has 0 aliphatic heterocycles. The zero-order valence-corrected chi connectivity index (χ0v) is 8.19. The van der Waals surface area contributed by atoms with Crippen LogP contribution in [0.4, 0.5) is 4.39 Å². The molecule has 0 saturated carbocycles. The van der Waals surface area contributed by atoms with Crippen molar-refractivity contribution in [2.75, 3.05) is 0 Å². The van der Waals surface area contributed by atoms with Gasteiger partial charge in [0.05, 0.1) is 10.0 Å². The van der Waals surface area contributed by atoms with Crippen LogP contribution in [0.2, 0.25) is 10.0 Å². The standard InChI is InChI=1S/C9H3Cl2FO2/c10-6-2-4(12)1-5-8(11)7(3-13)14-9(5)6/h1-3H. The zero-order valence-electron chi connectivity index (χ0n) is 6.68. The van der Waals surface area contributed by atoms with E-state index in [-0.39, 0.29) is 21.4 Å². The third-order valence-corrected chi connectivity index (χ3v) is 2.45. The summed E-state index contributed by atoms with van der Waals surface area (Å²) in [5.74, 6) is -0.572. The first-order valence-electron chi connectivity index (χ1n) is 3.65. The molecule has 5 heteroatoms. The lowest BCUT2D eigenvalue weighted by Gasteiger charge is -1.92. The first kappa shape index (κ1) is 9.49. The Morgan fingerprint density at radius 1 is 1.36 bits per heavy atom. The fourth-order valence-electron chi connectivity index (χ4n) is 1.19. The predicted molar refractivity (Wildman–Crippen MR) is 51.6 cm³/mol. The van der Waals surface area contributed by atoms with Crippen LogP contribution in [0.3, 0.4) is 0 Å². The molecule has 0 N–H and O–H groups in total. The van der Waals surface area contributed by atoms with Gasteiger partial charge in [-0.15, -0.1) is 0 Å². The normalized spacial score (nSPS) is 10.8. The van der Waals surface area contributed by atoms with E-state index in [1.165, 1.54) is 6.07 Å². The van der Waals surface area contributed by atoms with Crippen LogP contribution in [-0.2, 0) is 0 Å². The van der Waals surface area contributed by atoms with Crippen molar-refractivity contribution in [3.63, 3.8) is 0 Å². The maximum absolute atomic E-state index is 12.9. The largest absolute Gasteiger partial charge is 0.450 e. The highest BCUT2D eigenvalue weighted by molar-refractivity contribution is 6.40. The summed E-state index contributed by atoms with van der Waals surface area (Å²) >= 11 is 11.4. The fraction of sp³-hybridized carbons (Fsp3) is 0. The summed E-state index contributed by atoms with van der Waals surface area (Å²) in [6.45, 7) is 0. The SMILES string of the molecule is O=Cc1oc2c(Cl)cc(F)cc2c1Cl. The van der Waals surface area contributed by atoms with E-state index in [1.807, 2.05) is 0 Å². The zero-order chi connectivity index (χ0) is 10.3. The summed E-state index contributed by atoms with van der Waals surface area (Å²) < 4.78 is 18.0. The van der Waals surface area contributed by atoms with E-state index in [9.17, 15) is 9.18 Å². The van der Waals surface area contributed by atoms with Crippen LogP contribution in [0.15, 0.2) is 16.5 Å². The molecule has 2 rings (SSSR count). The molecule has 2 nitrogen and oxygen atoms in total. The van der Waals surface area contributed by atoms with E-state index in [0.29, 0.717) is 11.7 Å². The molecule has 0 fully saturated rings. The van der Waals surface area contributed by atoms with Gasteiger partial charge in [-0.2, -0.15) is 0 Å². The van der Waals surface area contributed by atoms with E-state index in [1.54, 1.807) is 0 Å². The number of halogens is 3. The Balaban J connectivity index is 2.91. The number of rotatable bonds is 1. The Kier molecular flexibility index (Phi) is 2.21. The molecule has 2 aromatic rings. The Labute approximate surface area is 88.2 Å². The second-order valence-electron chi connectivity index (χ2n) is 2.66. The van der Waals surface area contributed by atoms with Gasteiger partial charge in [0.1, 0.15) is 5.82 Å². The lowest BCUT2D eigenvalue weighted by molar-refractivity contribution is 0.110. The first-order valence-corrected chi connectivity index (χ1v) is 4.41. The summed E-state index contributed by atoms with van der Waals surface area (Å²) in [4.78, 5) is 10.5. The van der Waals surface area contributed by atoms with E-state index in [2.05, 4.69) is 0 Å². The average Bonchev–Trinajstić information content (AvgIpc) is 2.44. The number of aldehydes is 1. The molecular formula is C9H3Cl2FO2. The van der Waals surface area contributed by atoms with Gasteiger partial charge in [0, 0.05) is 5.39 Å². The average molecular weight is 233 g/mol. The maximum atomic E-state index is 12.9.